The Morgan fingerprint density at radius 3 is 2.76 bits per heavy atom. The lowest BCUT2D eigenvalue weighted by molar-refractivity contribution is -0.140. The lowest BCUT2D eigenvalue weighted by Crippen LogP contribution is -2.56. The fourth-order valence-electron chi connectivity index (χ4n) is 5.35. The summed E-state index contributed by atoms with van der Waals surface area (Å²) < 4.78 is 1.21. The Morgan fingerprint density at radius 1 is 1.15 bits per heavy atom. The zero-order valence-corrected chi connectivity index (χ0v) is 18.9. The van der Waals surface area contributed by atoms with Crippen molar-refractivity contribution in [2.24, 2.45) is 5.41 Å². The van der Waals surface area contributed by atoms with Crippen LogP contribution in [-0.4, -0.2) is 63.0 Å². The van der Waals surface area contributed by atoms with Gasteiger partial charge in [-0.1, -0.05) is 24.3 Å². The van der Waals surface area contributed by atoms with Crippen molar-refractivity contribution in [3.8, 4) is 0 Å². The van der Waals surface area contributed by atoms with Crippen LogP contribution < -0.4 is 10.5 Å². The summed E-state index contributed by atoms with van der Waals surface area (Å²) in [6.07, 6.45) is 3.74. The maximum Gasteiger partial charge on any atom is 0.267 e. The van der Waals surface area contributed by atoms with Gasteiger partial charge in [0.15, 0.2) is 0 Å². The molecule has 1 N–H and O–H groups in total. The lowest BCUT2D eigenvalue weighted by Gasteiger charge is -2.49. The van der Waals surface area contributed by atoms with Gasteiger partial charge in [0, 0.05) is 43.8 Å². The van der Waals surface area contributed by atoms with Gasteiger partial charge in [-0.05, 0) is 49.1 Å². The minimum absolute atomic E-state index is 0.102. The zero-order valence-electron chi connectivity index (χ0n) is 18.9. The molecular weight excluding hydrogens is 418 g/mol. The number of aromatic nitrogens is 3. The van der Waals surface area contributed by atoms with Gasteiger partial charge in [-0.3, -0.25) is 9.59 Å². The highest BCUT2D eigenvalue weighted by atomic mass is 16.3. The number of aliphatic hydroxyl groups is 1. The van der Waals surface area contributed by atoms with Crippen LogP contribution in [0, 0.1) is 12.3 Å². The van der Waals surface area contributed by atoms with E-state index >= 15 is 0 Å². The Balaban J connectivity index is 1.30. The smallest absolute Gasteiger partial charge is 0.267 e. The molecule has 0 radical (unpaired) electrons. The van der Waals surface area contributed by atoms with Crippen LogP contribution in [0.5, 0.6) is 0 Å². The molecule has 2 aromatic heterocycles. The van der Waals surface area contributed by atoms with Crippen LogP contribution in [0.15, 0.2) is 53.5 Å². The molecule has 2 aliphatic heterocycles. The number of β-amino-alcohol motifs (C(OH)–C–C–N with tert-alkyl or cyclic N) is 1. The van der Waals surface area contributed by atoms with E-state index in [0.717, 1.165) is 37.1 Å². The Labute approximate surface area is 192 Å². The third-order valence-electron chi connectivity index (χ3n) is 7.04. The third-order valence-corrected chi connectivity index (χ3v) is 7.04. The Hall–Kier alpha value is -3.26. The highest BCUT2D eigenvalue weighted by molar-refractivity contribution is 5.92. The normalized spacial score (nSPS) is 20.4. The van der Waals surface area contributed by atoms with Gasteiger partial charge in [0.2, 0.25) is 5.91 Å². The molecule has 8 nitrogen and oxygen atoms in total. The number of aliphatic hydroxyl groups excluding tert-OH is 1. The average molecular weight is 448 g/mol. The maximum atomic E-state index is 13.0. The number of hydrogen-bond acceptors (Lipinski definition) is 6. The van der Waals surface area contributed by atoms with E-state index in [1.165, 1.54) is 16.1 Å². The second-order valence-corrected chi connectivity index (χ2v) is 9.45. The molecular formula is C25H29N5O3. The van der Waals surface area contributed by atoms with Crippen molar-refractivity contribution in [3.63, 3.8) is 0 Å². The van der Waals surface area contributed by atoms with E-state index in [2.05, 4.69) is 27.1 Å². The topological polar surface area (TPSA) is 91.6 Å². The number of carbonyl (C=O) groups is 1. The molecule has 3 aromatic rings. The van der Waals surface area contributed by atoms with Gasteiger partial charge in [-0.2, -0.15) is 5.10 Å². The standard InChI is InChI=1S/C25H29N5O3/c1-18-6-7-22(32)30(27-18)16-23(33)29-15-20(31)14-25(17-29)9-12-28(13-10-25)24-21-5-3-2-4-19(21)8-11-26-24/h2-8,11,20,31H,9-10,12-17H2,1H3. The van der Waals surface area contributed by atoms with Gasteiger partial charge in [0.25, 0.3) is 5.56 Å². The first-order valence-electron chi connectivity index (χ1n) is 11.5. The van der Waals surface area contributed by atoms with Gasteiger partial charge in [0.1, 0.15) is 12.4 Å². The van der Waals surface area contributed by atoms with Crippen LogP contribution in [0.2, 0.25) is 0 Å². The summed E-state index contributed by atoms with van der Waals surface area (Å²) in [5.74, 6) is 0.823. The van der Waals surface area contributed by atoms with Crippen LogP contribution in [0.25, 0.3) is 10.8 Å². The minimum atomic E-state index is -0.563. The number of carbonyl (C=O) groups excluding carboxylic acids is 1. The van der Waals surface area contributed by atoms with Gasteiger partial charge in [-0.25, -0.2) is 9.67 Å². The number of fused-ring (bicyclic) bond motifs is 1. The predicted molar refractivity (Wildman–Crippen MR) is 126 cm³/mol. The number of pyridine rings is 1. The fraction of sp³-hybridized carbons (Fsp3) is 0.440. The number of benzene rings is 1. The first-order chi connectivity index (χ1) is 15.9. The van der Waals surface area contributed by atoms with Crippen molar-refractivity contribution < 1.29 is 9.90 Å². The monoisotopic (exact) mass is 447 g/mol. The summed E-state index contributed by atoms with van der Waals surface area (Å²) in [7, 11) is 0. The molecule has 2 saturated heterocycles. The SMILES string of the molecule is Cc1ccc(=O)n(CC(=O)N2CC(O)CC3(CCN(c4nccc5ccccc45)CC3)C2)n1. The molecule has 1 amide bonds. The number of piperidine rings is 2. The molecule has 33 heavy (non-hydrogen) atoms. The number of amides is 1. The molecule has 0 saturated carbocycles. The molecule has 0 aliphatic carbocycles. The quantitative estimate of drug-likeness (QED) is 0.660. The number of rotatable bonds is 3. The number of likely N-dealkylation sites (tertiary alicyclic amines) is 1. The summed E-state index contributed by atoms with van der Waals surface area (Å²) in [6, 6.07) is 13.4. The van der Waals surface area contributed by atoms with E-state index < -0.39 is 6.10 Å². The Kier molecular flexibility index (Phi) is 5.62. The van der Waals surface area contributed by atoms with Gasteiger partial charge >= 0.3 is 0 Å². The molecule has 5 rings (SSSR count). The first kappa shape index (κ1) is 21.6. The lowest BCUT2D eigenvalue weighted by atomic mass is 9.71. The number of anilines is 1. The molecule has 0 bridgehead atoms. The minimum Gasteiger partial charge on any atom is -0.391 e. The third kappa shape index (κ3) is 4.35. The van der Waals surface area contributed by atoms with Crippen molar-refractivity contribution in [1.82, 2.24) is 19.7 Å². The van der Waals surface area contributed by atoms with E-state index in [1.54, 1.807) is 17.9 Å². The van der Waals surface area contributed by atoms with Gasteiger partial charge in [-0.15, -0.1) is 0 Å². The summed E-state index contributed by atoms with van der Waals surface area (Å²) in [6.45, 7) is 4.24. The second kappa shape index (κ2) is 8.59. The van der Waals surface area contributed by atoms with E-state index in [4.69, 9.17) is 0 Å². The van der Waals surface area contributed by atoms with E-state index in [1.807, 2.05) is 24.4 Å². The first-order valence-corrected chi connectivity index (χ1v) is 11.5. The predicted octanol–water partition coefficient (Wildman–Crippen LogP) is 1.98. The summed E-state index contributed by atoms with van der Waals surface area (Å²) in [5, 5.41) is 17.1. The molecule has 1 atom stereocenters. The molecule has 8 heteroatoms. The van der Waals surface area contributed by atoms with Crippen LogP contribution in [0.4, 0.5) is 5.82 Å². The summed E-state index contributed by atoms with van der Waals surface area (Å²) >= 11 is 0. The van der Waals surface area contributed by atoms with Crippen LogP contribution >= 0.6 is 0 Å². The molecule has 1 aromatic carbocycles. The van der Waals surface area contributed by atoms with Crippen molar-refractivity contribution >= 4 is 22.5 Å². The number of nitrogens with zero attached hydrogens (tertiary/aromatic N) is 5. The molecule has 2 fully saturated rings. The zero-order chi connectivity index (χ0) is 23.0. The van der Waals surface area contributed by atoms with E-state index in [9.17, 15) is 14.7 Å². The largest absolute Gasteiger partial charge is 0.391 e. The molecule has 1 spiro atoms. The molecule has 172 valence electrons. The molecule has 4 heterocycles. The molecule has 1 unspecified atom stereocenters. The highest BCUT2D eigenvalue weighted by Gasteiger charge is 2.43. The van der Waals surface area contributed by atoms with E-state index in [0.29, 0.717) is 25.2 Å². The number of aryl methyl sites for hydroxylation is 1. The van der Waals surface area contributed by atoms with Crippen LogP contribution in [0.3, 0.4) is 0 Å². The number of hydrogen-bond donors (Lipinski definition) is 1. The maximum absolute atomic E-state index is 13.0. The highest BCUT2D eigenvalue weighted by Crippen LogP contribution is 2.41. The molecule has 2 aliphatic rings. The van der Waals surface area contributed by atoms with Crippen molar-refractivity contribution in [3.05, 3.63) is 64.7 Å². The Bertz CT molecular complexity index is 1230. The second-order valence-electron chi connectivity index (χ2n) is 9.45. The van der Waals surface area contributed by atoms with Crippen molar-refractivity contribution in [2.45, 2.75) is 38.8 Å². The van der Waals surface area contributed by atoms with Crippen molar-refractivity contribution in [1.29, 1.82) is 0 Å². The van der Waals surface area contributed by atoms with E-state index in [-0.39, 0.29) is 23.4 Å². The van der Waals surface area contributed by atoms with Gasteiger partial charge < -0.3 is 14.9 Å². The summed E-state index contributed by atoms with van der Waals surface area (Å²) in [4.78, 5) is 33.8. The summed E-state index contributed by atoms with van der Waals surface area (Å²) in [5.41, 5.74) is 0.267. The van der Waals surface area contributed by atoms with Crippen LogP contribution in [0.1, 0.15) is 25.0 Å². The van der Waals surface area contributed by atoms with Crippen LogP contribution in [-0.2, 0) is 11.3 Å². The Morgan fingerprint density at radius 2 is 1.94 bits per heavy atom. The average Bonchev–Trinajstić information content (AvgIpc) is 2.81. The van der Waals surface area contributed by atoms with Crippen molar-refractivity contribution in [2.75, 3.05) is 31.1 Å². The fourth-order valence-corrected chi connectivity index (χ4v) is 5.35. The van der Waals surface area contributed by atoms with Gasteiger partial charge in [0.05, 0.1) is 11.8 Å².